The number of aliphatic carboxylic acids is 1. The molecule has 0 bridgehead atoms. The van der Waals surface area contributed by atoms with Crippen molar-refractivity contribution in [3.8, 4) is 0 Å². The van der Waals surface area contributed by atoms with Gasteiger partial charge in [-0.15, -0.1) is 0 Å². The molecule has 0 rings (SSSR count). The Kier molecular flexibility index (Phi) is 3.25. The third-order valence-corrected chi connectivity index (χ3v) is 1.47. The lowest BCUT2D eigenvalue weighted by Gasteiger charge is -2.10. The van der Waals surface area contributed by atoms with E-state index >= 15 is 0 Å². The molecule has 0 aromatic rings. The van der Waals surface area contributed by atoms with Gasteiger partial charge in [0.05, 0.1) is 0 Å². The van der Waals surface area contributed by atoms with E-state index in [1.165, 1.54) is 0 Å². The van der Waals surface area contributed by atoms with E-state index in [1.54, 1.807) is 0 Å². The third kappa shape index (κ3) is 2.89. The van der Waals surface area contributed by atoms with Crippen LogP contribution < -0.4 is 5.73 Å². The summed E-state index contributed by atoms with van der Waals surface area (Å²) in [6, 6.07) is 0. The molecular formula is C4H7Cl2NO2. The van der Waals surface area contributed by atoms with Crippen molar-refractivity contribution in [2.45, 2.75) is 10.8 Å². The van der Waals surface area contributed by atoms with Crippen LogP contribution >= 0.6 is 23.2 Å². The largest absolute Gasteiger partial charge is 0.479 e. The van der Waals surface area contributed by atoms with E-state index in [0.29, 0.717) is 0 Å². The lowest BCUT2D eigenvalue weighted by Crippen LogP contribution is -2.28. The zero-order chi connectivity index (χ0) is 7.49. The van der Waals surface area contributed by atoms with Crippen LogP contribution in [-0.4, -0.2) is 22.0 Å². The molecule has 0 unspecified atom stereocenters. The monoisotopic (exact) mass is 171 g/mol. The summed E-state index contributed by atoms with van der Waals surface area (Å²) >= 11 is 10.5. The summed E-state index contributed by atoms with van der Waals surface area (Å²) in [5, 5.41) is 8.25. The summed E-state index contributed by atoms with van der Waals surface area (Å²) in [6.07, 6.45) is 0.0610. The summed E-state index contributed by atoms with van der Waals surface area (Å²) in [6.45, 7) is 0.166. The van der Waals surface area contributed by atoms with Gasteiger partial charge in [0.1, 0.15) is 0 Å². The van der Waals surface area contributed by atoms with Crippen molar-refractivity contribution < 1.29 is 9.90 Å². The van der Waals surface area contributed by atoms with Crippen LogP contribution in [0.25, 0.3) is 0 Å². The van der Waals surface area contributed by atoms with Crippen molar-refractivity contribution in [1.29, 1.82) is 0 Å². The second-order valence-electron chi connectivity index (χ2n) is 1.55. The van der Waals surface area contributed by atoms with Gasteiger partial charge >= 0.3 is 5.97 Å². The van der Waals surface area contributed by atoms with Crippen LogP contribution in [0.5, 0.6) is 0 Å². The van der Waals surface area contributed by atoms with Crippen LogP contribution in [0.2, 0.25) is 0 Å². The summed E-state index contributed by atoms with van der Waals surface area (Å²) < 4.78 is -1.71. The van der Waals surface area contributed by atoms with Gasteiger partial charge in [0.15, 0.2) is 0 Å². The van der Waals surface area contributed by atoms with E-state index < -0.39 is 10.3 Å². The molecule has 54 valence electrons. The number of nitrogens with two attached hydrogens (primary N) is 1. The molecule has 0 spiro atoms. The molecule has 0 aliphatic rings. The van der Waals surface area contributed by atoms with E-state index in [1.807, 2.05) is 0 Å². The van der Waals surface area contributed by atoms with Gasteiger partial charge in [0, 0.05) is 6.42 Å². The zero-order valence-electron chi connectivity index (χ0n) is 4.60. The van der Waals surface area contributed by atoms with Crippen LogP contribution in [0.1, 0.15) is 6.42 Å². The molecule has 0 amide bonds. The fourth-order valence-electron chi connectivity index (χ4n) is 0.288. The standard InChI is InChI=1S/C4H7Cl2NO2/c5-4(6,1-2-7)3(8)9/h1-2,7H2,(H,8,9). The van der Waals surface area contributed by atoms with Gasteiger partial charge in [-0.2, -0.15) is 0 Å². The van der Waals surface area contributed by atoms with Crippen LogP contribution in [-0.2, 0) is 4.79 Å². The van der Waals surface area contributed by atoms with E-state index in [4.69, 9.17) is 34.0 Å². The molecule has 3 N–H and O–H groups in total. The molecule has 0 saturated heterocycles. The number of alkyl halides is 2. The van der Waals surface area contributed by atoms with Gasteiger partial charge in [0.2, 0.25) is 4.33 Å². The van der Waals surface area contributed by atoms with E-state index in [-0.39, 0.29) is 13.0 Å². The van der Waals surface area contributed by atoms with Gasteiger partial charge in [-0.25, -0.2) is 4.79 Å². The Morgan fingerprint density at radius 3 is 2.22 bits per heavy atom. The maximum atomic E-state index is 10.1. The van der Waals surface area contributed by atoms with Crippen molar-refractivity contribution in [2.75, 3.05) is 6.54 Å². The van der Waals surface area contributed by atoms with E-state index in [2.05, 4.69) is 0 Å². The van der Waals surface area contributed by atoms with E-state index in [9.17, 15) is 4.79 Å². The molecule has 9 heavy (non-hydrogen) atoms. The average molecular weight is 172 g/mol. The molecule has 0 saturated carbocycles. The van der Waals surface area contributed by atoms with Crippen molar-refractivity contribution in [3.05, 3.63) is 0 Å². The van der Waals surface area contributed by atoms with Crippen molar-refractivity contribution in [1.82, 2.24) is 0 Å². The Hall–Kier alpha value is 0.01000. The molecule has 5 heteroatoms. The SMILES string of the molecule is NCCC(Cl)(Cl)C(=O)O. The number of carbonyl (C=O) groups is 1. The number of hydrogen-bond acceptors (Lipinski definition) is 2. The Balaban J connectivity index is 3.85. The van der Waals surface area contributed by atoms with Crippen molar-refractivity contribution in [2.24, 2.45) is 5.73 Å². The topological polar surface area (TPSA) is 63.3 Å². The first-order chi connectivity index (χ1) is 4.00. The molecule has 0 fully saturated rings. The maximum Gasteiger partial charge on any atom is 0.340 e. The molecule has 3 nitrogen and oxygen atoms in total. The number of halogens is 2. The van der Waals surface area contributed by atoms with Gasteiger partial charge in [0.25, 0.3) is 0 Å². The molecule has 0 aromatic carbocycles. The highest BCUT2D eigenvalue weighted by atomic mass is 35.5. The summed E-state index contributed by atoms with van der Waals surface area (Å²) in [4.78, 5) is 10.1. The minimum absolute atomic E-state index is 0.0610. The summed E-state index contributed by atoms with van der Waals surface area (Å²) in [5.74, 6) is -1.25. The molecule has 0 atom stereocenters. The Morgan fingerprint density at radius 2 is 2.11 bits per heavy atom. The van der Waals surface area contributed by atoms with Gasteiger partial charge in [-0.05, 0) is 6.54 Å². The highest BCUT2D eigenvalue weighted by Crippen LogP contribution is 2.24. The predicted octanol–water partition coefficient (Wildman–Crippen LogP) is 0.594. The third-order valence-electron chi connectivity index (χ3n) is 0.771. The van der Waals surface area contributed by atoms with Crippen LogP contribution in [0.4, 0.5) is 0 Å². The second kappa shape index (κ2) is 3.25. The quantitative estimate of drug-likeness (QED) is 0.612. The molecule has 0 aliphatic carbocycles. The molecule has 0 radical (unpaired) electrons. The Labute approximate surface area is 62.7 Å². The molecular weight excluding hydrogens is 165 g/mol. The molecule has 0 aliphatic heterocycles. The van der Waals surface area contributed by atoms with Gasteiger partial charge < -0.3 is 10.8 Å². The summed E-state index contributed by atoms with van der Waals surface area (Å²) in [7, 11) is 0. The lowest BCUT2D eigenvalue weighted by atomic mass is 10.3. The van der Waals surface area contributed by atoms with Crippen LogP contribution in [0.3, 0.4) is 0 Å². The first-order valence-electron chi connectivity index (χ1n) is 2.32. The number of carboxylic acids is 1. The molecule has 0 heterocycles. The molecule has 0 aromatic heterocycles. The smallest absolute Gasteiger partial charge is 0.340 e. The second-order valence-corrected chi connectivity index (χ2v) is 3.03. The van der Waals surface area contributed by atoms with Crippen molar-refractivity contribution in [3.63, 3.8) is 0 Å². The highest BCUT2D eigenvalue weighted by molar-refractivity contribution is 6.57. The lowest BCUT2D eigenvalue weighted by molar-refractivity contribution is -0.137. The maximum absolute atomic E-state index is 10.1. The predicted molar refractivity (Wildman–Crippen MR) is 35.7 cm³/mol. The average Bonchev–Trinajstić information content (AvgIpc) is 1.65. The first-order valence-corrected chi connectivity index (χ1v) is 3.07. The minimum atomic E-state index is -1.71. The zero-order valence-corrected chi connectivity index (χ0v) is 6.11. The normalized spacial score (nSPS) is 11.4. The fraction of sp³-hybridized carbons (Fsp3) is 0.750. The van der Waals surface area contributed by atoms with Crippen LogP contribution in [0, 0.1) is 0 Å². The highest BCUT2D eigenvalue weighted by Gasteiger charge is 2.31. The van der Waals surface area contributed by atoms with Gasteiger partial charge in [-0.3, -0.25) is 0 Å². The first kappa shape index (κ1) is 9.01. The van der Waals surface area contributed by atoms with E-state index in [0.717, 1.165) is 0 Å². The minimum Gasteiger partial charge on any atom is -0.479 e. The summed E-state index contributed by atoms with van der Waals surface area (Å²) in [5.41, 5.74) is 5.02. The number of hydrogen-bond donors (Lipinski definition) is 2. The number of carboxylic acid groups (broad SMARTS) is 1. The van der Waals surface area contributed by atoms with Gasteiger partial charge in [-0.1, -0.05) is 23.2 Å². The van der Waals surface area contributed by atoms with Crippen LogP contribution in [0.15, 0.2) is 0 Å². The Morgan fingerprint density at radius 1 is 1.67 bits per heavy atom. The van der Waals surface area contributed by atoms with Crippen molar-refractivity contribution >= 4 is 29.2 Å². The fourth-order valence-corrected chi connectivity index (χ4v) is 0.506. The Bertz CT molecular complexity index is 115. The number of rotatable bonds is 3.